The minimum absolute atomic E-state index is 0.0163. The summed E-state index contributed by atoms with van der Waals surface area (Å²) in [7, 11) is 0. The molecule has 31 heavy (non-hydrogen) atoms. The van der Waals surface area contributed by atoms with Gasteiger partial charge in [-0.1, -0.05) is 18.2 Å². The molecule has 2 N–H and O–H groups in total. The summed E-state index contributed by atoms with van der Waals surface area (Å²) in [5.74, 6) is -0.113. The lowest BCUT2D eigenvalue weighted by Crippen LogP contribution is -2.56. The van der Waals surface area contributed by atoms with Crippen molar-refractivity contribution in [3.05, 3.63) is 70.7 Å². The Morgan fingerprint density at radius 2 is 1.94 bits per heavy atom. The largest absolute Gasteiger partial charge is 0.388 e. The summed E-state index contributed by atoms with van der Waals surface area (Å²) in [5, 5.41) is 15.2. The third kappa shape index (κ3) is 3.73. The lowest BCUT2D eigenvalue weighted by atomic mass is 9.90. The molecule has 2 aromatic heterocycles. The van der Waals surface area contributed by atoms with Gasteiger partial charge in [-0.05, 0) is 59.0 Å². The summed E-state index contributed by atoms with van der Waals surface area (Å²) in [6.07, 6.45) is 2.67. The Kier molecular flexibility index (Phi) is 5.03. The molecule has 5 rings (SSSR count). The van der Waals surface area contributed by atoms with Crippen LogP contribution < -0.4 is 5.43 Å². The third-order valence-corrected chi connectivity index (χ3v) is 6.83. The maximum atomic E-state index is 13.2. The number of nitrogens with zero attached hydrogens (tertiary/aromatic N) is 3. The molecule has 0 saturated carbocycles. The molecule has 1 fully saturated rings. The molecule has 2 aliphatic heterocycles. The standard InChI is InChI=1S/C23H24N4O3S/c28-21(19-5-2-1-4-18(19)17-7-13-31-14-17)25-11-8-23(30,9-12-25)15-26-16-24-27-10-3-6-20(27)22(26)29/h1-7,10,13-14,24,30H,8-9,11-12,15-16H2. The molecule has 160 valence electrons. The van der Waals surface area contributed by atoms with Crippen molar-refractivity contribution in [1.29, 1.82) is 0 Å². The van der Waals surface area contributed by atoms with Crippen LogP contribution in [0.1, 0.15) is 33.7 Å². The van der Waals surface area contributed by atoms with E-state index in [4.69, 9.17) is 0 Å². The Bertz CT molecular complexity index is 1100. The number of benzene rings is 1. The van der Waals surface area contributed by atoms with Crippen molar-refractivity contribution >= 4 is 23.2 Å². The van der Waals surface area contributed by atoms with Gasteiger partial charge in [0.2, 0.25) is 0 Å². The molecule has 4 heterocycles. The summed E-state index contributed by atoms with van der Waals surface area (Å²) in [6, 6.07) is 13.3. The van der Waals surface area contributed by atoms with E-state index in [1.807, 2.05) is 47.2 Å². The fraction of sp³-hybridized carbons (Fsp3) is 0.304. The molecular formula is C23H24N4O3S. The molecule has 7 nitrogen and oxygen atoms in total. The molecule has 8 heteroatoms. The molecule has 0 aliphatic carbocycles. The highest BCUT2D eigenvalue weighted by Gasteiger charge is 2.38. The maximum absolute atomic E-state index is 13.2. The quantitative estimate of drug-likeness (QED) is 0.659. The molecule has 0 unspecified atom stereocenters. The average molecular weight is 437 g/mol. The third-order valence-electron chi connectivity index (χ3n) is 6.14. The van der Waals surface area contributed by atoms with Gasteiger partial charge in [0, 0.05) is 24.8 Å². The second kappa shape index (κ2) is 7.86. The van der Waals surface area contributed by atoms with Crippen molar-refractivity contribution in [1.82, 2.24) is 14.5 Å². The number of thiophene rings is 1. The summed E-state index contributed by atoms with van der Waals surface area (Å²) < 4.78 is 1.70. The summed E-state index contributed by atoms with van der Waals surface area (Å²) in [5.41, 5.74) is 5.36. The van der Waals surface area contributed by atoms with Crippen LogP contribution in [0.2, 0.25) is 0 Å². The number of nitrogens with one attached hydrogen (secondary N) is 1. The fourth-order valence-electron chi connectivity index (χ4n) is 4.36. The van der Waals surface area contributed by atoms with E-state index in [2.05, 4.69) is 5.43 Å². The zero-order valence-corrected chi connectivity index (χ0v) is 17.8. The van der Waals surface area contributed by atoms with Crippen LogP contribution in [0.25, 0.3) is 11.1 Å². The lowest BCUT2D eigenvalue weighted by Gasteiger charge is -2.42. The minimum Gasteiger partial charge on any atom is -0.388 e. The first-order valence-corrected chi connectivity index (χ1v) is 11.3. The predicted molar refractivity (Wildman–Crippen MR) is 120 cm³/mol. The van der Waals surface area contributed by atoms with Crippen molar-refractivity contribution in [2.45, 2.75) is 18.4 Å². The number of aliphatic hydroxyl groups is 1. The number of hydrogen-bond acceptors (Lipinski definition) is 5. The predicted octanol–water partition coefficient (Wildman–Crippen LogP) is 2.84. The number of piperidine rings is 1. The average Bonchev–Trinajstić information content (AvgIpc) is 3.48. The van der Waals surface area contributed by atoms with Crippen LogP contribution in [0.3, 0.4) is 0 Å². The van der Waals surface area contributed by atoms with E-state index < -0.39 is 5.60 Å². The second-order valence-electron chi connectivity index (χ2n) is 8.16. The zero-order chi connectivity index (χ0) is 21.4. The topological polar surface area (TPSA) is 77.8 Å². The Morgan fingerprint density at radius 3 is 2.71 bits per heavy atom. The van der Waals surface area contributed by atoms with Gasteiger partial charge in [0.05, 0.1) is 12.1 Å². The number of carbonyl (C=O) groups excluding carboxylic acids is 2. The number of β-amino-alcohol motifs (C(OH)–C–C–N with tert-alkyl or cyclic N) is 1. The molecular weight excluding hydrogens is 412 g/mol. The van der Waals surface area contributed by atoms with Gasteiger partial charge in [-0.2, -0.15) is 11.3 Å². The van der Waals surface area contributed by atoms with Crippen molar-refractivity contribution in [3.63, 3.8) is 0 Å². The Morgan fingerprint density at radius 1 is 1.13 bits per heavy atom. The van der Waals surface area contributed by atoms with E-state index in [1.54, 1.807) is 38.1 Å². The molecule has 1 aromatic carbocycles. The van der Waals surface area contributed by atoms with Crippen molar-refractivity contribution in [3.8, 4) is 11.1 Å². The van der Waals surface area contributed by atoms with Crippen molar-refractivity contribution in [2.75, 3.05) is 31.7 Å². The first-order chi connectivity index (χ1) is 15.0. The highest BCUT2D eigenvalue weighted by Crippen LogP contribution is 2.30. The Labute approximate surface area is 184 Å². The molecule has 2 amide bonds. The van der Waals surface area contributed by atoms with E-state index >= 15 is 0 Å². The first kappa shape index (κ1) is 19.8. The van der Waals surface area contributed by atoms with Crippen LogP contribution in [-0.4, -0.2) is 63.3 Å². The molecule has 0 atom stereocenters. The first-order valence-electron chi connectivity index (χ1n) is 10.4. The number of carbonyl (C=O) groups is 2. The summed E-state index contributed by atoms with van der Waals surface area (Å²) >= 11 is 1.61. The Balaban J connectivity index is 1.26. The van der Waals surface area contributed by atoms with Crippen LogP contribution in [0.15, 0.2) is 59.4 Å². The summed E-state index contributed by atoms with van der Waals surface area (Å²) in [6.45, 7) is 1.51. The van der Waals surface area contributed by atoms with Gasteiger partial charge in [0.1, 0.15) is 12.4 Å². The van der Waals surface area contributed by atoms with Crippen LogP contribution in [0.4, 0.5) is 0 Å². The molecule has 0 radical (unpaired) electrons. The molecule has 0 bridgehead atoms. The van der Waals surface area contributed by atoms with Gasteiger partial charge in [-0.15, -0.1) is 0 Å². The van der Waals surface area contributed by atoms with Gasteiger partial charge in [-0.3, -0.25) is 14.3 Å². The normalized spacial score (nSPS) is 17.9. The van der Waals surface area contributed by atoms with Gasteiger partial charge >= 0.3 is 0 Å². The lowest BCUT2D eigenvalue weighted by molar-refractivity contribution is -0.0369. The smallest absolute Gasteiger partial charge is 0.273 e. The van der Waals surface area contributed by atoms with E-state index in [0.717, 1.165) is 11.1 Å². The van der Waals surface area contributed by atoms with Crippen molar-refractivity contribution < 1.29 is 14.7 Å². The number of likely N-dealkylation sites (tertiary alicyclic amines) is 1. The minimum atomic E-state index is -1.00. The Hall–Kier alpha value is -3.10. The van der Waals surface area contributed by atoms with E-state index in [1.165, 1.54) is 0 Å². The fourth-order valence-corrected chi connectivity index (χ4v) is 5.02. The monoisotopic (exact) mass is 436 g/mol. The van der Waals surface area contributed by atoms with Gasteiger partial charge < -0.3 is 20.3 Å². The number of fused-ring (bicyclic) bond motifs is 1. The van der Waals surface area contributed by atoms with Gasteiger partial charge in [0.15, 0.2) is 0 Å². The van der Waals surface area contributed by atoms with Crippen molar-refractivity contribution in [2.24, 2.45) is 0 Å². The van der Waals surface area contributed by atoms with E-state index in [-0.39, 0.29) is 18.4 Å². The van der Waals surface area contributed by atoms with Crippen LogP contribution in [-0.2, 0) is 0 Å². The van der Waals surface area contributed by atoms with Crippen LogP contribution in [0.5, 0.6) is 0 Å². The molecule has 0 spiro atoms. The molecule has 3 aromatic rings. The molecule has 2 aliphatic rings. The van der Waals surface area contributed by atoms with E-state index in [9.17, 15) is 14.7 Å². The van der Waals surface area contributed by atoms with E-state index in [0.29, 0.717) is 43.9 Å². The number of rotatable bonds is 4. The highest BCUT2D eigenvalue weighted by molar-refractivity contribution is 7.08. The van der Waals surface area contributed by atoms with Gasteiger partial charge in [0.25, 0.3) is 11.8 Å². The number of aromatic nitrogens is 1. The van der Waals surface area contributed by atoms with Gasteiger partial charge in [-0.25, -0.2) is 0 Å². The second-order valence-corrected chi connectivity index (χ2v) is 8.94. The van der Waals surface area contributed by atoms with Crippen LogP contribution >= 0.6 is 11.3 Å². The number of hydrogen-bond donors (Lipinski definition) is 2. The SMILES string of the molecule is O=C(c1ccccc1-c1ccsc1)N1CCC(O)(CN2CNn3cccc3C2=O)CC1. The zero-order valence-electron chi connectivity index (χ0n) is 17.0. The van der Waals surface area contributed by atoms with Crippen LogP contribution in [0, 0.1) is 0 Å². The highest BCUT2D eigenvalue weighted by atomic mass is 32.1. The summed E-state index contributed by atoms with van der Waals surface area (Å²) in [4.78, 5) is 29.4. The number of amides is 2. The maximum Gasteiger partial charge on any atom is 0.273 e. The molecule has 1 saturated heterocycles.